The number of carbonyl (C=O) groups is 1. The van der Waals surface area contributed by atoms with Gasteiger partial charge in [0.25, 0.3) is 5.91 Å². The third-order valence-electron chi connectivity index (χ3n) is 4.13. The number of benzene rings is 2. The molecule has 0 heterocycles. The molecule has 1 atom stereocenters. The zero-order chi connectivity index (χ0) is 18.9. The summed E-state index contributed by atoms with van der Waals surface area (Å²) in [6, 6.07) is 16.0. The highest BCUT2D eigenvalue weighted by molar-refractivity contribution is 6.31. The van der Waals surface area contributed by atoms with E-state index in [1.165, 1.54) is 6.07 Å². The van der Waals surface area contributed by atoms with Gasteiger partial charge in [0.2, 0.25) is 0 Å². The van der Waals surface area contributed by atoms with Crippen molar-refractivity contribution in [2.24, 2.45) is 0 Å². The molecule has 2 N–H and O–H groups in total. The van der Waals surface area contributed by atoms with Gasteiger partial charge in [0, 0.05) is 29.8 Å². The number of rotatable bonds is 8. The van der Waals surface area contributed by atoms with Gasteiger partial charge < -0.3 is 15.3 Å². The number of hydrogen-bond acceptors (Lipinski definition) is 4. The van der Waals surface area contributed by atoms with Crippen molar-refractivity contribution >= 4 is 23.2 Å². The minimum atomic E-state index is -0.283. The van der Waals surface area contributed by atoms with Crippen molar-refractivity contribution in [3.63, 3.8) is 0 Å². The Labute approximate surface area is 158 Å². The van der Waals surface area contributed by atoms with Crippen molar-refractivity contribution in [2.75, 3.05) is 24.6 Å². The molecule has 2 aromatic carbocycles. The van der Waals surface area contributed by atoms with E-state index in [9.17, 15) is 15.2 Å². The molecular formula is C20H22ClN3O2. The number of anilines is 1. The summed E-state index contributed by atoms with van der Waals surface area (Å²) in [6.07, 6.45) is 0.794. The zero-order valence-electron chi connectivity index (χ0n) is 14.7. The smallest absolute Gasteiger partial charge is 0.259 e. The molecule has 0 aliphatic heterocycles. The summed E-state index contributed by atoms with van der Waals surface area (Å²) in [5.74, 6) is -0.283. The number of aliphatic hydroxyl groups excluding tert-OH is 1. The zero-order valence-corrected chi connectivity index (χ0v) is 15.4. The SMILES string of the molecule is CCC(CO)NCCN(C(=O)c1cc(Cl)ccc1C#N)c1ccccc1. The maximum absolute atomic E-state index is 13.1. The summed E-state index contributed by atoms with van der Waals surface area (Å²) in [5, 5.41) is 22.3. The van der Waals surface area contributed by atoms with Gasteiger partial charge in [-0.3, -0.25) is 4.79 Å². The van der Waals surface area contributed by atoms with Crippen LogP contribution < -0.4 is 10.2 Å². The summed E-state index contributed by atoms with van der Waals surface area (Å²) >= 11 is 6.03. The molecule has 6 heteroatoms. The molecule has 26 heavy (non-hydrogen) atoms. The van der Waals surface area contributed by atoms with Crippen molar-refractivity contribution in [3.05, 3.63) is 64.7 Å². The van der Waals surface area contributed by atoms with Crippen LogP contribution in [0.2, 0.25) is 5.02 Å². The van der Waals surface area contributed by atoms with Crippen LogP contribution in [-0.4, -0.2) is 36.8 Å². The van der Waals surface area contributed by atoms with Gasteiger partial charge in [0.1, 0.15) is 0 Å². The van der Waals surface area contributed by atoms with E-state index in [1.807, 2.05) is 43.3 Å². The normalized spacial score (nSPS) is 11.6. The molecule has 0 radical (unpaired) electrons. The number of carbonyl (C=O) groups excluding carboxylic acids is 1. The fourth-order valence-corrected chi connectivity index (χ4v) is 2.78. The van der Waals surface area contributed by atoms with Gasteiger partial charge in [0.05, 0.1) is 23.8 Å². The van der Waals surface area contributed by atoms with Crippen LogP contribution >= 0.6 is 11.6 Å². The fraction of sp³-hybridized carbons (Fsp3) is 0.300. The lowest BCUT2D eigenvalue weighted by atomic mass is 10.1. The number of hydrogen-bond donors (Lipinski definition) is 2. The second kappa shape index (κ2) is 9.93. The van der Waals surface area contributed by atoms with E-state index in [-0.39, 0.29) is 29.7 Å². The first-order valence-corrected chi connectivity index (χ1v) is 8.89. The molecule has 0 aromatic heterocycles. The number of amides is 1. The van der Waals surface area contributed by atoms with Crippen LogP contribution in [-0.2, 0) is 0 Å². The summed E-state index contributed by atoms with van der Waals surface area (Å²) in [5.41, 5.74) is 1.30. The van der Waals surface area contributed by atoms with Crippen LogP contribution in [0.3, 0.4) is 0 Å². The monoisotopic (exact) mass is 371 g/mol. The molecule has 0 spiro atoms. The first kappa shape index (κ1) is 19.9. The van der Waals surface area contributed by atoms with Gasteiger partial charge >= 0.3 is 0 Å². The Bertz CT molecular complexity index is 770. The lowest BCUT2D eigenvalue weighted by Crippen LogP contribution is -2.41. The average Bonchev–Trinajstić information content (AvgIpc) is 2.68. The highest BCUT2D eigenvalue weighted by atomic mass is 35.5. The van der Waals surface area contributed by atoms with Gasteiger partial charge in [-0.25, -0.2) is 0 Å². The Kier molecular flexibility index (Phi) is 7.61. The van der Waals surface area contributed by atoms with Gasteiger partial charge in [-0.15, -0.1) is 0 Å². The highest BCUT2D eigenvalue weighted by Gasteiger charge is 2.21. The molecule has 136 valence electrons. The van der Waals surface area contributed by atoms with Crippen LogP contribution in [0.1, 0.15) is 29.3 Å². The number of halogens is 1. The number of para-hydroxylation sites is 1. The summed E-state index contributed by atoms with van der Waals surface area (Å²) in [4.78, 5) is 14.7. The Balaban J connectivity index is 2.28. The van der Waals surface area contributed by atoms with Gasteiger partial charge in [-0.05, 0) is 36.8 Å². The Morgan fingerprint density at radius 1 is 1.31 bits per heavy atom. The predicted octanol–water partition coefficient (Wildman–Crippen LogP) is 3.22. The van der Waals surface area contributed by atoms with Crippen LogP contribution in [0.15, 0.2) is 48.5 Å². The van der Waals surface area contributed by atoms with Crippen molar-refractivity contribution in [1.29, 1.82) is 5.26 Å². The molecule has 2 rings (SSSR count). The lowest BCUT2D eigenvalue weighted by molar-refractivity contribution is 0.0986. The van der Waals surface area contributed by atoms with Crippen molar-refractivity contribution in [1.82, 2.24) is 5.32 Å². The van der Waals surface area contributed by atoms with E-state index in [0.717, 1.165) is 12.1 Å². The number of nitrogens with one attached hydrogen (secondary N) is 1. The fourth-order valence-electron chi connectivity index (χ4n) is 2.61. The Morgan fingerprint density at radius 2 is 2.04 bits per heavy atom. The third-order valence-corrected chi connectivity index (χ3v) is 4.36. The maximum atomic E-state index is 13.1. The molecule has 0 saturated carbocycles. The molecular weight excluding hydrogens is 350 g/mol. The van der Waals surface area contributed by atoms with Gasteiger partial charge in [-0.1, -0.05) is 36.7 Å². The summed E-state index contributed by atoms with van der Waals surface area (Å²) in [7, 11) is 0. The molecule has 2 aromatic rings. The van der Waals surface area contributed by atoms with Crippen molar-refractivity contribution in [2.45, 2.75) is 19.4 Å². The number of aliphatic hydroxyl groups is 1. The Hall–Kier alpha value is -2.39. The van der Waals surface area contributed by atoms with Crippen LogP contribution in [0.25, 0.3) is 0 Å². The maximum Gasteiger partial charge on any atom is 0.259 e. The van der Waals surface area contributed by atoms with Gasteiger partial charge in [0.15, 0.2) is 0 Å². The summed E-state index contributed by atoms with van der Waals surface area (Å²) < 4.78 is 0. The molecule has 0 aliphatic carbocycles. The molecule has 1 amide bonds. The minimum absolute atomic E-state index is 0.0106. The quantitative estimate of drug-likeness (QED) is 0.747. The van der Waals surface area contributed by atoms with E-state index in [2.05, 4.69) is 5.32 Å². The first-order chi connectivity index (χ1) is 12.6. The lowest BCUT2D eigenvalue weighted by Gasteiger charge is -2.25. The van der Waals surface area contributed by atoms with Crippen LogP contribution in [0, 0.1) is 11.3 Å². The highest BCUT2D eigenvalue weighted by Crippen LogP contribution is 2.21. The number of nitrogens with zero attached hydrogens (tertiary/aromatic N) is 2. The minimum Gasteiger partial charge on any atom is -0.395 e. The number of nitriles is 1. The van der Waals surface area contributed by atoms with E-state index < -0.39 is 0 Å². The largest absolute Gasteiger partial charge is 0.395 e. The van der Waals surface area contributed by atoms with Crippen molar-refractivity contribution < 1.29 is 9.90 Å². The topological polar surface area (TPSA) is 76.4 Å². The average molecular weight is 372 g/mol. The molecule has 1 unspecified atom stereocenters. The first-order valence-electron chi connectivity index (χ1n) is 8.51. The van der Waals surface area contributed by atoms with E-state index in [4.69, 9.17) is 11.6 Å². The third kappa shape index (κ3) is 5.06. The Morgan fingerprint density at radius 3 is 2.65 bits per heavy atom. The van der Waals surface area contributed by atoms with Gasteiger partial charge in [-0.2, -0.15) is 5.26 Å². The van der Waals surface area contributed by atoms with Crippen LogP contribution in [0.5, 0.6) is 0 Å². The van der Waals surface area contributed by atoms with E-state index in [1.54, 1.807) is 17.0 Å². The molecule has 0 aliphatic rings. The molecule has 0 bridgehead atoms. The van der Waals surface area contributed by atoms with Crippen LogP contribution in [0.4, 0.5) is 5.69 Å². The molecule has 0 saturated heterocycles. The second-order valence-corrected chi connectivity index (χ2v) is 6.27. The molecule has 5 nitrogen and oxygen atoms in total. The van der Waals surface area contributed by atoms with E-state index in [0.29, 0.717) is 18.1 Å². The second-order valence-electron chi connectivity index (χ2n) is 5.84. The predicted molar refractivity (Wildman–Crippen MR) is 103 cm³/mol. The summed E-state index contributed by atoms with van der Waals surface area (Å²) in [6.45, 7) is 2.95. The van der Waals surface area contributed by atoms with Crippen molar-refractivity contribution in [3.8, 4) is 6.07 Å². The molecule has 0 fully saturated rings. The van der Waals surface area contributed by atoms with E-state index >= 15 is 0 Å². The standard InChI is InChI=1S/C20H22ClN3O2/c1-2-17(14-25)23-10-11-24(18-6-4-3-5-7-18)20(26)19-12-16(21)9-8-15(19)13-22/h3-9,12,17,23,25H,2,10-11,14H2,1H3.